The van der Waals surface area contributed by atoms with Gasteiger partial charge in [-0.05, 0) is 79.1 Å². The number of amides is 7. The van der Waals surface area contributed by atoms with E-state index in [1.165, 1.54) is 94.0 Å². The van der Waals surface area contributed by atoms with Gasteiger partial charge in [-0.3, -0.25) is 19.6 Å². The molecule has 0 aromatic heterocycles. The van der Waals surface area contributed by atoms with Gasteiger partial charge in [-0.1, -0.05) is 53.4 Å². The number of hydrogen-bond acceptors (Lipinski definition) is 13. The SMILES string of the molecule is CCCC[N+](CCCC)(CCCC)CCCC.CCNC(=O)[C@@H]1CC[C@@H]2CN1C(=O)N2OS(=O)(=O)O.CN(NC(=O)[C@@H]1CC[C@@H]2CN1C(=O)N2OS(=O)(=O)[O-])C(=O)OC(C)(C)C. The standard InChI is InChI=1S/C16H36N.C13H22N4O8S.C9H15N3O6S/c1-5-9-13-17(14-10-6-2,15-11-7-3)16-12-8-4;1-13(2,3)24-12(20)15(4)14-10(18)9-6-5-8-7-16(9)11(19)17(8)25-26(21,22)23;1-2-10-8(13)7-4-3-6-5-11(7)9(14)12(6)18-19(15,16)17/h5-16H2,1-4H3;8-9H,5-7H2,1-4H3,(H,14,18)(H,21,22,23);6-7H,2-5H2,1H3,(H,10,13)(H,15,16,17)/q+1;;/p-1/t;8-,9+;6-,7+/m.11/s1. The molecule has 4 aliphatic rings. The van der Waals surface area contributed by atoms with E-state index in [0.717, 1.165) is 9.91 Å². The van der Waals surface area contributed by atoms with Crippen molar-refractivity contribution < 1.29 is 67.7 Å². The summed E-state index contributed by atoms with van der Waals surface area (Å²) in [5.41, 5.74) is 1.58. The molecule has 7 amide bonds. The lowest BCUT2D eigenvalue weighted by molar-refractivity contribution is -0.929. The summed E-state index contributed by atoms with van der Waals surface area (Å²) >= 11 is 0. The number of fused-ring (bicyclic) bond motifs is 4. The lowest BCUT2D eigenvalue weighted by atomic mass is 10.0. The topological polar surface area (TPSA) is 265 Å². The van der Waals surface area contributed by atoms with Crippen LogP contribution in [0.4, 0.5) is 14.4 Å². The number of hydrogen-bond donors (Lipinski definition) is 3. The van der Waals surface area contributed by atoms with E-state index < -0.39 is 74.6 Å². The number of nitrogens with zero attached hydrogens (tertiary/aromatic N) is 6. The zero-order valence-corrected chi connectivity index (χ0v) is 39.6. The fourth-order valence-electron chi connectivity index (χ4n) is 7.76. The van der Waals surface area contributed by atoms with Crippen LogP contribution in [0, 0.1) is 0 Å². The first-order chi connectivity index (χ1) is 28.9. The molecule has 0 radical (unpaired) electrons. The van der Waals surface area contributed by atoms with Crippen LogP contribution in [0.25, 0.3) is 0 Å². The molecule has 360 valence electrons. The van der Waals surface area contributed by atoms with Crippen LogP contribution in [0.1, 0.15) is 132 Å². The lowest BCUT2D eigenvalue weighted by Gasteiger charge is -2.39. The van der Waals surface area contributed by atoms with E-state index in [2.05, 4.69) is 47.0 Å². The third kappa shape index (κ3) is 17.2. The fourth-order valence-corrected chi connectivity index (χ4v) is 8.53. The van der Waals surface area contributed by atoms with Gasteiger partial charge in [0.05, 0.1) is 38.3 Å². The molecule has 0 unspecified atom stereocenters. The predicted molar refractivity (Wildman–Crippen MR) is 225 cm³/mol. The van der Waals surface area contributed by atoms with Crippen LogP contribution in [0.5, 0.6) is 0 Å². The van der Waals surface area contributed by atoms with E-state index in [-0.39, 0.29) is 31.8 Å². The minimum Gasteiger partial charge on any atom is -0.724 e. The van der Waals surface area contributed by atoms with Crippen molar-refractivity contribution in [3.05, 3.63) is 0 Å². The van der Waals surface area contributed by atoms with Crippen molar-refractivity contribution in [2.24, 2.45) is 0 Å². The fraction of sp³-hybridized carbons (Fsp3) is 0.868. The van der Waals surface area contributed by atoms with E-state index >= 15 is 0 Å². The number of nitrogens with one attached hydrogen (secondary N) is 2. The highest BCUT2D eigenvalue weighted by molar-refractivity contribution is 7.81. The number of piperidine rings is 2. The van der Waals surface area contributed by atoms with Crippen molar-refractivity contribution >= 4 is 50.8 Å². The van der Waals surface area contributed by atoms with Crippen LogP contribution in [0.2, 0.25) is 0 Å². The first kappa shape index (κ1) is 54.6. The van der Waals surface area contributed by atoms with Crippen LogP contribution in [-0.4, -0.2) is 168 Å². The maximum absolute atomic E-state index is 12.4. The number of hydrazine groups is 1. The second-order valence-electron chi connectivity index (χ2n) is 17.1. The highest BCUT2D eigenvalue weighted by atomic mass is 32.3. The zero-order valence-electron chi connectivity index (χ0n) is 38.0. The molecule has 22 nitrogen and oxygen atoms in total. The van der Waals surface area contributed by atoms with Crippen molar-refractivity contribution in [1.29, 1.82) is 0 Å². The van der Waals surface area contributed by atoms with Gasteiger partial charge in [0.25, 0.3) is 5.91 Å². The van der Waals surface area contributed by atoms with Crippen molar-refractivity contribution in [1.82, 2.24) is 35.7 Å². The second kappa shape index (κ2) is 24.5. The Morgan fingerprint density at radius 2 is 1.15 bits per heavy atom. The van der Waals surface area contributed by atoms with Gasteiger partial charge in [-0.15, -0.1) is 4.28 Å². The molecule has 62 heavy (non-hydrogen) atoms. The Morgan fingerprint density at radius 3 is 1.50 bits per heavy atom. The predicted octanol–water partition coefficient (Wildman–Crippen LogP) is 3.67. The molecule has 4 heterocycles. The van der Waals surface area contributed by atoms with E-state index in [4.69, 9.17) is 9.29 Å². The average Bonchev–Trinajstić information content (AvgIpc) is 3.55. The number of hydroxylamine groups is 4. The molecule has 4 aliphatic heterocycles. The Balaban J connectivity index is 0.000000330. The van der Waals surface area contributed by atoms with E-state index in [1.54, 1.807) is 27.7 Å². The van der Waals surface area contributed by atoms with Crippen LogP contribution < -0.4 is 10.7 Å². The number of urea groups is 2. The molecular formula is C38H72N8O14S2. The van der Waals surface area contributed by atoms with Gasteiger partial charge in [-0.2, -0.15) is 22.8 Å². The first-order valence-corrected chi connectivity index (χ1v) is 24.5. The van der Waals surface area contributed by atoms with Gasteiger partial charge in [0.15, 0.2) is 0 Å². The third-order valence-corrected chi connectivity index (χ3v) is 11.5. The van der Waals surface area contributed by atoms with Crippen LogP contribution in [-0.2, 0) is 43.7 Å². The van der Waals surface area contributed by atoms with Crippen LogP contribution in [0.3, 0.4) is 0 Å². The number of carbonyl (C=O) groups excluding carboxylic acids is 5. The lowest BCUT2D eigenvalue weighted by Crippen LogP contribution is -2.55. The Morgan fingerprint density at radius 1 is 0.742 bits per heavy atom. The average molecular weight is 929 g/mol. The largest absolute Gasteiger partial charge is 0.724 e. The van der Waals surface area contributed by atoms with Crippen molar-refractivity contribution in [2.45, 2.75) is 162 Å². The number of quaternary nitrogens is 1. The van der Waals surface area contributed by atoms with Gasteiger partial charge < -0.3 is 28.9 Å². The van der Waals surface area contributed by atoms with Gasteiger partial charge in [0.2, 0.25) is 16.3 Å². The highest BCUT2D eigenvalue weighted by Crippen LogP contribution is 2.32. The van der Waals surface area contributed by atoms with Gasteiger partial charge in [0, 0.05) is 26.7 Å². The Labute approximate surface area is 368 Å². The molecule has 0 saturated carbocycles. The van der Waals surface area contributed by atoms with Gasteiger partial charge in [-0.25, -0.2) is 27.8 Å². The molecule has 0 aromatic carbocycles. The summed E-state index contributed by atoms with van der Waals surface area (Å²) in [5.74, 6) is -0.917. The zero-order chi connectivity index (χ0) is 47.1. The maximum Gasteiger partial charge on any atom is 0.428 e. The highest BCUT2D eigenvalue weighted by Gasteiger charge is 2.50. The molecule has 4 rings (SSSR count). The summed E-state index contributed by atoms with van der Waals surface area (Å²) < 4.78 is 77.2. The smallest absolute Gasteiger partial charge is 0.428 e. The molecular weight excluding hydrogens is 857 g/mol. The van der Waals surface area contributed by atoms with Crippen molar-refractivity contribution in [2.75, 3.05) is 52.9 Å². The van der Waals surface area contributed by atoms with Crippen LogP contribution in [0.15, 0.2) is 0 Å². The molecule has 4 fully saturated rings. The summed E-state index contributed by atoms with van der Waals surface area (Å²) in [6, 6.07) is -4.30. The molecule has 0 aliphatic carbocycles. The van der Waals surface area contributed by atoms with E-state index in [1.807, 2.05) is 0 Å². The number of carbonyl (C=O) groups is 5. The van der Waals surface area contributed by atoms with E-state index in [9.17, 15) is 45.4 Å². The maximum atomic E-state index is 12.4. The minimum absolute atomic E-state index is 0.0303. The quantitative estimate of drug-likeness (QED) is 0.0723. The molecule has 4 bridgehead atoms. The molecule has 0 spiro atoms. The third-order valence-electron chi connectivity index (χ3n) is 10.8. The first-order valence-electron chi connectivity index (χ1n) is 21.8. The molecule has 4 saturated heterocycles. The van der Waals surface area contributed by atoms with Gasteiger partial charge >= 0.3 is 28.6 Å². The van der Waals surface area contributed by atoms with Crippen molar-refractivity contribution in [3.8, 4) is 0 Å². The number of likely N-dealkylation sites (N-methyl/N-ethyl adjacent to an activating group) is 1. The van der Waals surface area contributed by atoms with E-state index in [0.29, 0.717) is 29.5 Å². The molecule has 0 aromatic rings. The summed E-state index contributed by atoms with van der Waals surface area (Å²) in [7, 11) is -8.56. The number of ether oxygens (including phenoxy) is 1. The Bertz CT molecular complexity index is 1680. The van der Waals surface area contributed by atoms with Crippen LogP contribution >= 0.6 is 0 Å². The molecule has 3 N–H and O–H groups in total. The summed E-state index contributed by atoms with van der Waals surface area (Å²) in [6.45, 7) is 22.5. The summed E-state index contributed by atoms with van der Waals surface area (Å²) in [5, 5.41) is 4.58. The Hall–Kier alpha value is -3.55. The molecule has 4 atom stereocenters. The van der Waals surface area contributed by atoms with Crippen molar-refractivity contribution in [3.63, 3.8) is 0 Å². The number of rotatable bonds is 19. The summed E-state index contributed by atoms with van der Waals surface area (Å²) in [4.78, 5) is 62.6. The molecule has 24 heteroatoms. The minimum atomic E-state index is -5.11. The second-order valence-corrected chi connectivity index (χ2v) is 19.0. The summed E-state index contributed by atoms with van der Waals surface area (Å²) in [6.07, 6.45) is 11.6. The monoisotopic (exact) mass is 928 g/mol. The van der Waals surface area contributed by atoms with Gasteiger partial charge in [0.1, 0.15) is 17.7 Å². The number of unbranched alkanes of at least 4 members (excludes halogenated alkanes) is 4. The normalized spacial score (nSPS) is 21.1. The Kier molecular flexibility index (Phi) is 21.6.